The number of fused-ring (bicyclic) bond motifs is 2. The van der Waals surface area contributed by atoms with Gasteiger partial charge in [-0.05, 0) is 68.2 Å². The van der Waals surface area contributed by atoms with Crippen LogP contribution in [0.25, 0.3) is 0 Å². The summed E-state index contributed by atoms with van der Waals surface area (Å²) >= 11 is 0. The largest absolute Gasteiger partial charge is 0.352 e. The van der Waals surface area contributed by atoms with Crippen molar-refractivity contribution in [1.29, 1.82) is 0 Å². The van der Waals surface area contributed by atoms with Crippen molar-refractivity contribution >= 4 is 21.6 Å². The van der Waals surface area contributed by atoms with Crippen molar-refractivity contribution < 1.29 is 13.2 Å². The number of benzene rings is 1. The molecule has 1 amide bonds. The molecule has 24 heavy (non-hydrogen) atoms. The SMILES string of the molecule is Cc1cc(C)cc(N(CC(=O)N[C@H]2C[C@H]3CC[C@H]2C3)S(C)(=O)=O)c1. The van der Waals surface area contributed by atoms with Crippen LogP contribution in [-0.2, 0) is 14.8 Å². The number of rotatable bonds is 5. The zero-order valence-electron chi connectivity index (χ0n) is 14.6. The van der Waals surface area contributed by atoms with Gasteiger partial charge in [0.2, 0.25) is 15.9 Å². The number of sulfonamides is 1. The summed E-state index contributed by atoms with van der Waals surface area (Å²) in [5.41, 5.74) is 2.51. The first-order valence-electron chi connectivity index (χ1n) is 8.58. The Morgan fingerprint density at radius 3 is 2.33 bits per heavy atom. The van der Waals surface area contributed by atoms with E-state index in [1.807, 2.05) is 19.9 Å². The molecule has 0 spiro atoms. The van der Waals surface area contributed by atoms with Crippen molar-refractivity contribution in [1.82, 2.24) is 5.32 Å². The lowest BCUT2D eigenvalue weighted by Crippen LogP contribution is -2.45. The normalized spacial score (nSPS) is 25.7. The summed E-state index contributed by atoms with van der Waals surface area (Å²) in [6.45, 7) is 3.69. The smallest absolute Gasteiger partial charge is 0.241 e. The monoisotopic (exact) mass is 350 g/mol. The lowest BCUT2D eigenvalue weighted by atomic mass is 9.95. The standard InChI is InChI=1S/C18H26N2O3S/c1-12-6-13(2)8-16(7-12)20(24(3,22)23)11-18(21)19-17-10-14-4-5-15(17)9-14/h6-8,14-15,17H,4-5,9-11H2,1-3H3,(H,19,21)/t14-,15-,17-/m0/s1. The highest BCUT2D eigenvalue weighted by Gasteiger charge is 2.40. The molecule has 0 radical (unpaired) electrons. The van der Waals surface area contributed by atoms with E-state index in [0.29, 0.717) is 11.6 Å². The summed E-state index contributed by atoms with van der Waals surface area (Å²) in [5.74, 6) is 1.11. The molecule has 5 nitrogen and oxygen atoms in total. The van der Waals surface area contributed by atoms with Gasteiger partial charge in [0.05, 0.1) is 11.9 Å². The van der Waals surface area contributed by atoms with Gasteiger partial charge >= 0.3 is 0 Å². The van der Waals surface area contributed by atoms with Gasteiger partial charge in [-0.2, -0.15) is 0 Å². The number of hydrogen-bond acceptors (Lipinski definition) is 3. The Morgan fingerprint density at radius 1 is 1.17 bits per heavy atom. The quantitative estimate of drug-likeness (QED) is 0.886. The van der Waals surface area contributed by atoms with E-state index >= 15 is 0 Å². The maximum absolute atomic E-state index is 12.5. The van der Waals surface area contributed by atoms with Gasteiger partial charge in [-0.25, -0.2) is 8.42 Å². The number of aryl methyl sites for hydroxylation is 2. The fraction of sp³-hybridized carbons (Fsp3) is 0.611. The van der Waals surface area contributed by atoms with Gasteiger partial charge in [0, 0.05) is 6.04 Å². The Bertz CT molecular complexity index is 724. The molecule has 2 saturated carbocycles. The molecule has 3 atom stereocenters. The molecule has 0 aromatic heterocycles. The van der Waals surface area contributed by atoms with Gasteiger partial charge in [0.1, 0.15) is 6.54 Å². The van der Waals surface area contributed by atoms with Gasteiger partial charge in [-0.15, -0.1) is 0 Å². The summed E-state index contributed by atoms with van der Waals surface area (Å²) < 4.78 is 25.6. The molecule has 1 aromatic carbocycles. The molecule has 2 aliphatic carbocycles. The first-order valence-corrected chi connectivity index (χ1v) is 10.4. The Hall–Kier alpha value is -1.56. The van der Waals surface area contributed by atoms with Crippen molar-refractivity contribution in [2.45, 2.75) is 45.6 Å². The van der Waals surface area contributed by atoms with Crippen molar-refractivity contribution in [2.24, 2.45) is 11.8 Å². The molecule has 3 rings (SSSR count). The maximum atomic E-state index is 12.5. The van der Waals surface area contributed by atoms with E-state index in [1.54, 1.807) is 12.1 Å². The number of amides is 1. The zero-order valence-corrected chi connectivity index (χ0v) is 15.4. The van der Waals surface area contributed by atoms with Crippen LogP contribution < -0.4 is 9.62 Å². The van der Waals surface area contributed by atoms with Crippen LogP contribution in [0.15, 0.2) is 18.2 Å². The van der Waals surface area contributed by atoms with Gasteiger partial charge in [0.15, 0.2) is 0 Å². The molecule has 6 heteroatoms. The van der Waals surface area contributed by atoms with Gasteiger partial charge in [0.25, 0.3) is 0 Å². The Balaban J connectivity index is 1.74. The number of carbonyl (C=O) groups excluding carboxylic acids is 1. The average Bonchev–Trinajstić information content (AvgIpc) is 3.04. The number of hydrogen-bond donors (Lipinski definition) is 1. The molecule has 1 aromatic rings. The van der Waals surface area contributed by atoms with E-state index in [9.17, 15) is 13.2 Å². The maximum Gasteiger partial charge on any atom is 0.241 e. The van der Waals surface area contributed by atoms with E-state index in [1.165, 1.54) is 23.6 Å². The molecule has 2 fully saturated rings. The van der Waals surface area contributed by atoms with Crippen LogP contribution >= 0.6 is 0 Å². The highest BCUT2D eigenvalue weighted by Crippen LogP contribution is 2.44. The van der Waals surface area contributed by atoms with Gasteiger partial charge in [-0.1, -0.05) is 12.5 Å². The highest BCUT2D eigenvalue weighted by atomic mass is 32.2. The number of nitrogens with zero attached hydrogens (tertiary/aromatic N) is 1. The second kappa shape index (κ2) is 6.39. The van der Waals surface area contributed by atoms with Gasteiger partial charge < -0.3 is 5.32 Å². The fourth-order valence-electron chi connectivity index (χ4n) is 4.30. The third kappa shape index (κ3) is 3.74. The van der Waals surface area contributed by atoms with Crippen molar-refractivity contribution in [3.63, 3.8) is 0 Å². The van der Waals surface area contributed by atoms with Crippen LogP contribution in [0.2, 0.25) is 0 Å². The molecule has 0 heterocycles. The number of nitrogens with one attached hydrogen (secondary N) is 1. The zero-order chi connectivity index (χ0) is 17.5. The molecule has 0 unspecified atom stereocenters. The Labute approximate surface area is 144 Å². The van der Waals surface area contributed by atoms with Crippen molar-refractivity contribution in [3.8, 4) is 0 Å². The van der Waals surface area contributed by atoms with E-state index in [-0.39, 0.29) is 18.5 Å². The van der Waals surface area contributed by atoms with E-state index in [2.05, 4.69) is 5.32 Å². The van der Waals surface area contributed by atoms with Crippen LogP contribution in [0.5, 0.6) is 0 Å². The van der Waals surface area contributed by atoms with Crippen LogP contribution in [-0.4, -0.2) is 33.2 Å². The second-order valence-electron chi connectivity index (χ2n) is 7.46. The highest BCUT2D eigenvalue weighted by molar-refractivity contribution is 7.92. The van der Waals surface area contributed by atoms with Gasteiger partial charge in [-0.3, -0.25) is 9.10 Å². The molecular weight excluding hydrogens is 324 g/mol. The molecule has 1 N–H and O–H groups in total. The van der Waals surface area contributed by atoms with Crippen LogP contribution in [0.1, 0.15) is 36.8 Å². The number of anilines is 1. The lowest BCUT2D eigenvalue weighted by Gasteiger charge is -2.26. The minimum atomic E-state index is -3.52. The first-order chi connectivity index (χ1) is 11.2. The predicted molar refractivity (Wildman–Crippen MR) is 95.5 cm³/mol. The summed E-state index contributed by atoms with van der Waals surface area (Å²) in [5, 5.41) is 3.07. The van der Waals surface area contributed by atoms with Crippen molar-refractivity contribution in [3.05, 3.63) is 29.3 Å². The summed E-state index contributed by atoms with van der Waals surface area (Å²) in [4.78, 5) is 12.5. The summed E-state index contributed by atoms with van der Waals surface area (Å²) in [7, 11) is -3.52. The lowest BCUT2D eigenvalue weighted by molar-refractivity contribution is -0.120. The average molecular weight is 350 g/mol. The predicted octanol–water partition coefficient (Wildman–Crippen LogP) is 2.37. The molecule has 132 valence electrons. The number of carbonyl (C=O) groups is 1. The minimum absolute atomic E-state index is 0.157. The fourth-order valence-corrected chi connectivity index (χ4v) is 5.14. The van der Waals surface area contributed by atoms with E-state index < -0.39 is 10.0 Å². The van der Waals surface area contributed by atoms with Crippen LogP contribution in [0.3, 0.4) is 0 Å². The molecule has 2 bridgehead atoms. The molecule has 0 saturated heterocycles. The third-order valence-corrected chi connectivity index (χ3v) is 6.41. The second-order valence-corrected chi connectivity index (χ2v) is 9.37. The van der Waals surface area contributed by atoms with Crippen molar-refractivity contribution in [2.75, 3.05) is 17.1 Å². The van der Waals surface area contributed by atoms with E-state index in [0.717, 1.165) is 29.7 Å². The Morgan fingerprint density at radius 2 is 1.83 bits per heavy atom. The van der Waals surface area contributed by atoms with E-state index in [4.69, 9.17) is 0 Å². The summed E-state index contributed by atoms with van der Waals surface area (Å²) in [6, 6.07) is 5.81. The first kappa shape index (κ1) is 17.3. The minimum Gasteiger partial charge on any atom is -0.352 e. The molecular formula is C18H26N2O3S. The molecule has 2 aliphatic rings. The molecule has 0 aliphatic heterocycles. The Kier molecular flexibility index (Phi) is 4.60. The van der Waals surface area contributed by atoms with Crippen LogP contribution in [0.4, 0.5) is 5.69 Å². The summed E-state index contributed by atoms with van der Waals surface area (Å²) in [6.07, 6.45) is 5.85. The van der Waals surface area contributed by atoms with Crippen LogP contribution in [0, 0.1) is 25.7 Å². The topological polar surface area (TPSA) is 66.5 Å². The third-order valence-electron chi connectivity index (χ3n) is 5.27.